The number of likely N-dealkylation sites (tertiary alicyclic amines) is 1. The zero-order chi connectivity index (χ0) is 20.1. The summed E-state index contributed by atoms with van der Waals surface area (Å²) in [6, 6.07) is 8.61. The predicted octanol–water partition coefficient (Wildman–Crippen LogP) is 3.32. The number of hydrogen-bond acceptors (Lipinski definition) is 4. The van der Waals surface area contributed by atoms with Crippen LogP contribution in [-0.2, 0) is 15.1 Å². The van der Waals surface area contributed by atoms with E-state index < -0.39 is 0 Å². The highest BCUT2D eigenvalue weighted by Gasteiger charge is 2.56. The van der Waals surface area contributed by atoms with Gasteiger partial charge in [-0.05, 0) is 61.6 Å². The molecule has 1 aromatic carbocycles. The second kappa shape index (κ2) is 7.36. The number of nitrogens with zero attached hydrogens (tertiary/aromatic N) is 1. The average Bonchev–Trinajstić information content (AvgIpc) is 2.71. The van der Waals surface area contributed by atoms with Crippen molar-refractivity contribution in [1.82, 2.24) is 4.90 Å². The minimum Gasteiger partial charge on any atom is -0.381 e. The molecule has 158 valence electrons. The Kier molecular flexibility index (Phi) is 4.96. The lowest BCUT2D eigenvalue weighted by Crippen LogP contribution is -2.64. The highest BCUT2D eigenvalue weighted by Crippen LogP contribution is 2.56. The summed E-state index contributed by atoms with van der Waals surface area (Å²) < 4.78 is 12.0. The van der Waals surface area contributed by atoms with Gasteiger partial charge in [-0.2, -0.15) is 0 Å². The maximum absolute atomic E-state index is 11.8. The molecule has 1 amide bonds. The van der Waals surface area contributed by atoms with Gasteiger partial charge < -0.3 is 15.2 Å². The topological polar surface area (TPSA) is 64.8 Å². The van der Waals surface area contributed by atoms with E-state index in [9.17, 15) is 4.79 Å². The van der Waals surface area contributed by atoms with Crippen molar-refractivity contribution in [3.05, 3.63) is 35.4 Å². The zero-order valence-corrected chi connectivity index (χ0v) is 17.6. The fourth-order valence-corrected chi connectivity index (χ4v) is 7.01. The highest BCUT2D eigenvalue weighted by molar-refractivity contribution is 5.92. The standard InChI is InChI=1S/C24H34N2O3/c1-28-24(18-5-2-4-17(12-18)22(25)27)19-6-3-7-20(24)16-26(15-19)21-13-23(14-21)8-10-29-11-9-23/h2,4-5,12,19-21H,3,6-11,13-16H2,1H3,(H2,25,27)/t19-,20+,24?. The molecule has 5 nitrogen and oxygen atoms in total. The molecule has 0 aromatic heterocycles. The molecule has 29 heavy (non-hydrogen) atoms. The fraction of sp³-hybridized carbons (Fsp3) is 0.708. The molecular formula is C24H34N2O3. The van der Waals surface area contributed by atoms with Crippen molar-refractivity contribution in [2.45, 2.75) is 56.6 Å². The van der Waals surface area contributed by atoms with Crippen molar-refractivity contribution in [3.63, 3.8) is 0 Å². The van der Waals surface area contributed by atoms with E-state index in [1.165, 1.54) is 44.9 Å². The van der Waals surface area contributed by atoms with Crippen molar-refractivity contribution in [2.24, 2.45) is 23.0 Å². The van der Waals surface area contributed by atoms with Gasteiger partial charge in [-0.3, -0.25) is 9.69 Å². The summed E-state index contributed by atoms with van der Waals surface area (Å²) in [5, 5.41) is 0. The van der Waals surface area contributed by atoms with Crippen LogP contribution >= 0.6 is 0 Å². The van der Waals surface area contributed by atoms with E-state index in [1.54, 1.807) is 0 Å². The van der Waals surface area contributed by atoms with E-state index in [1.807, 2.05) is 25.3 Å². The summed E-state index contributed by atoms with van der Waals surface area (Å²) >= 11 is 0. The maximum atomic E-state index is 11.8. The number of nitrogens with two attached hydrogens (primary N) is 1. The van der Waals surface area contributed by atoms with Crippen molar-refractivity contribution < 1.29 is 14.3 Å². The van der Waals surface area contributed by atoms with Crippen LogP contribution in [0.1, 0.15) is 60.9 Å². The van der Waals surface area contributed by atoms with Gasteiger partial charge in [-0.25, -0.2) is 0 Å². The van der Waals surface area contributed by atoms with E-state index in [4.69, 9.17) is 15.2 Å². The molecule has 4 aliphatic rings. The number of amides is 1. The number of carbonyl (C=O) groups excluding carboxylic acids is 1. The van der Waals surface area contributed by atoms with Gasteiger partial charge >= 0.3 is 0 Å². The number of fused-ring (bicyclic) bond motifs is 2. The lowest BCUT2D eigenvalue weighted by molar-refractivity contribution is -0.188. The van der Waals surface area contributed by atoms with Gasteiger partial charge in [-0.1, -0.05) is 18.6 Å². The lowest BCUT2D eigenvalue weighted by atomic mass is 9.58. The molecule has 2 saturated carbocycles. The number of piperidine rings is 1. The Labute approximate surface area is 173 Å². The van der Waals surface area contributed by atoms with Crippen molar-refractivity contribution >= 4 is 5.91 Å². The van der Waals surface area contributed by atoms with Crippen LogP contribution in [0.5, 0.6) is 0 Å². The SMILES string of the molecule is COC1(c2cccc(C(N)=O)c2)[C@@H]2CCC[C@H]1CN(C1CC3(CCOCC3)C1)C2. The fourth-order valence-electron chi connectivity index (χ4n) is 7.01. The average molecular weight is 399 g/mol. The first kappa shape index (κ1) is 19.5. The minimum absolute atomic E-state index is 0.291. The summed E-state index contributed by atoms with van der Waals surface area (Å²) in [5.74, 6) is 0.570. The molecule has 1 aromatic rings. The molecule has 0 radical (unpaired) electrons. The molecule has 2 heterocycles. The Bertz CT molecular complexity index is 751. The predicted molar refractivity (Wildman–Crippen MR) is 112 cm³/mol. The highest BCUT2D eigenvalue weighted by atomic mass is 16.5. The molecule has 1 spiro atoms. The lowest BCUT2D eigenvalue weighted by Gasteiger charge is -2.61. The molecule has 1 unspecified atom stereocenters. The first-order valence-electron chi connectivity index (χ1n) is 11.3. The number of ether oxygens (including phenoxy) is 2. The number of benzene rings is 1. The van der Waals surface area contributed by atoms with E-state index >= 15 is 0 Å². The summed E-state index contributed by atoms with van der Waals surface area (Å²) in [6.45, 7) is 4.09. The van der Waals surface area contributed by atoms with Gasteiger partial charge in [0.05, 0.1) is 0 Å². The summed E-state index contributed by atoms with van der Waals surface area (Å²) in [6.07, 6.45) is 8.81. The van der Waals surface area contributed by atoms with Gasteiger partial charge in [0.1, 0.15) is 5.60 Å². The molecule has 5 rings (SSSR count). The molecule has 2 bridgehead atoms. The minimum atomic E-state index is -0.364. The van der Waals surface area contributed by atoms with Crippen molar-refractivity contribution in [2.75, 3.05) is 33.4 Å². The number of rotatable bonds is 4. The molecule has 4 fully saturated rings. The van der Waals surface area contributed by atoms with Crippen LogP contribution in [0.25, 0.3) is 0 Å². The molecule has 2 saturated heterocycles. The second-order valence-corrected chi connectivity index (χ2v) is 9.90. The first-order valence-corrected chi connectivity index (χ1v) is 11.3. The van der Waals surface area contributed by atoms with Crippen LogP contribution < -0.4 is 5.73 Å². The van der Waals surface area contributed by atoms with Crippen LogP contribution in [0, 0.1) is 17.3 Å². The Balaban J connectivity index is 1.38. The normalized spacial score (nSPS) is 34.7. The van der Waals surface area contributed by atoms with E-state index in [2.05, 4.69) is 11.0 Å². The largest absolute Gasteiger partial charge is 0.381 e. The van der Waals surface area contributed by atoms with Gasteiger partial charge in [0.2, 0.25) is 5.91 Å². The van der Waals surface area contributed by atoms with Crippen molar-refractivity contribution in [1.29, 1.82) is 0 Å². The quantitative estimate of drug-likeness (QED) is 0.845. The molecule has 2 N–H and O–H groups in total. The Morgan fingerprint density at radius 3 is 2.48 bits per heavy atom. The number of primary amides is 1. The second-order valence-electron chi connectivity index (χ2n) is 9.90. The Morgan fingerprint density at radius 2 is 1.86 bits per heavy atom. The van der Waals surface area contributed by atoms with Crippen molar-refractivity contribution in [3.8, 4) is 0 Å². The van der Waals surface area contributed by atoms with E-state index in [0.29, 0.717) is 22.8 Å². The summed E-state index contributed by atoms with van der Waals surface area (Å²) in [4.78, 5) is 14.5. The molecule has 3 atom stereocenters. The van der Waals surface area contributed by atoms with Crippen LogP contribution in [0.3, 0.4) is 0 Å². The molecule has 2 aliphatic carbocycles. The first-order chi connectivity index (χ1) is 14.1. The summed E-state index contributed by atoms with van der Waals surface area (Å²) in [7, 11) is 1.86. The van der Waals surface area contributed by atoms with Gasteiger partial charge in [-0.15, -0.1) is 0 Å². The number of hydrogen-bond donors (Lipinski definition) is 1. The molecule has 5 heteroatoms. The molecule has 2 aliphatic heterocycles. The summed E-state index contributed by atoms with van der Waals surface area (Å²) in [5.41, 5.74) is 7.56. The maximum Gasteiger partial charge on any atom is 0.248 e. The van der Waals surface area contributed by atoms with Gasteiger partial charge in [0, 0.05) is 56.9 Å². The number of methoxy groups -OCH3 is 1. The Morgan fingerprint density at radius 1 is 1.17 bits per heavy atom. The van der Waals surface area contributed by atoms with Crippen LogP contribution in [0.2, 0.25) is 0 Å². The van der Waals surface area contributed by atoms with Crippen LogP contribution in [0.15, 0.2) is 24.3 Å². The third kappa shape index (κ3) is 3.13. The van der Waals surface area contributed by atoms with Crippen LogP contribution in [-0.4, -0.2) is 50.3 Å². The van der Waals surface area contributed by atoms with Crippen LogP contribution in [0.4, 0.5) is 0 Å². The third-order valence-electron chi connectivity index (χ3n) is 8.57. The smallest absolute Gasteiger partial charge is 0.248 e. The Hall–Kier alpha value is -1.43. The van der Waals surface area contributed by atoms with Gasteiger partial charge in [0.15, 0.2) is 0 Å². The van der Waals surface area contributed by atoms with E-state index in [-0.39, 0.29) is 11.5 Å². The van der Waals surface area contributed by atoms with E-state index in [0.717, 1.165) is 37.9 Å². The number of carbonyl (C=O) groups is 1. The molecular weight excluding hydrogens is 364 g/mol. The van der Waals surface area contributed by atoms with Gasteiger partial charge in [0.25, 0.3) is 0 Å². The monoisotopic (exact) mass is 398 g/mol. The third-order valence-corrected chi connectivity index (χ3v) is 8.57. The zero-order valence-electron chi connectivity index (χ0n) is 17.6.